The molecule has 6 aromatic rings. The number of rotatable bonds is 10. The Morgan fingerprint density at radius 2 is 1.07 bits per heavy atom. The Kier molecular flexibility index (Phi) is 9.97. The van der Waals surface area contributed by atoms with E-state index in [0.717, 1.165) is 56.8 Å². The minimum absolute atomic E-state index is 0.252. The summed E-state index contributed by atoms with van der Waals surface area (Å²) >= 11 is 0. The molecule has 0 N–H and O–H groups in total. The standard InChI is InChI=1S/C53H42N4O4/c1-5-16-36(17-6-2)56(37-18-10-7-11-19-37)40-28-24-34(25-29-40)42-32-44-47-46-45(51(59)54(3)52(60)48(42)46)33-43(49(47)53(61)55(4)50(44)58)35-26-30-41(31-27-35)57(38-20-12-8-13-21-38)39-22-14-9-15-23-39/h5-6,8-10,12-33H,1,7,11H2,2-4H3/b17-6-,36-16+. The van der Waals surface area contributed by atoms with Crippen molar-refractivity contribution in [3.63, 3.8) is 0 Å². The lowest BCUT2D eigenvalue weighted by atomic mass is 9.79. The fraction of sp³-hybridized carbons (Fsp3) is 0.0943. The summed E-state index contributed by atoms with van der Waals surface area (Å²) in [6.07, 6.45) is 16.1. The molecule has 2 aliphatic heterocycles. The van der Waals surface area contributed by atoms with E-state index in [1.807, 2.05) is 134 Å². The molecule has 8 nitrogen and oxygen atoms in total. The number of nitrogens with zero attached hydrogens (tertiary/aromatic N) is 4. The van der Waals surface area contributed by atoms with Crippen LogP contribution in [0.3, 0.4) is 0 Å². The van der Waals surface area contributed by atoms with E-state index in [1.165, 1.54) is 14.1 Å². The number of para-hydroxylation sites is 2. The molecule has 1 aliphatic carbocycles. The molecule has 4 amide bonds. The van der Waals surface area contributed by atoms with Crippen LogP contribution in [0.1, 0.15) is 61.2 Å². The highest BCUT2D eigenvalue weighted by molar-refractivity contribution is 6.36. The zero-order chi connectivity index (χ0) is 42.4. The average Bonchev–Trinajstić information content (AvgIpc) is 3.30. The van der Waals surface area contributed by atoms with E-state index < -0.39 is 23.6 Å². The molecule has 9 rings (SSSR count). The van der Waals surface area contributed by atoms with Crippen LogP contribution in [0.4, 0.5) is 22.7 Å². The third-order valence-corrected chi connectivity index (χ3v) is 11.5. The topological polar surface area (TPSA) is 81.2 Å². The first kappa shape index (κ1) is 38.7. The normalized spacial score (nSPS) is 14.9. The van der Waals surface area contributed by atoms with E-state index in [2.05, 4.69) is 34.6 Å². The van der Waals surface area contributed by atoms with E-state index in [9.17, 15) is 19.2 Å². The van der Waals surface area contributed by atoms with Gasteiger partial charge >= 0.3 is 0 Å². The Bertz CT molecular complexity index is 2890. The zero-order valence-corrected chi connectivity index (χ0v) is 34.1. The Hall–Kier alpha value is -7.84. The fourth-order valence-corrected chi connectivity index (χ4v) is 8.64. The molecule has 0 bridgehead atoms. The minimum Gasteiger partial charge on any atom is -0.311 e. The average molecular weight is 799 g/mol. The summed E-state index contributed by atoms with van der Waals surface area (Å²) in [7, 11) is 2.94. The maximum atomic E-state index is 14.3. The van der Waals surface area contributed by atoms with Crippen molar-refractivity contribution in [3.05, 3.63) is 204 Å². The second kappa shape index (κ2) is 15.7. The highest BCUT2D eigenvalue weighted by Gasteiger charge is 2.41. The van der Waals surface area contributed by atoms with Crippen molar-refractivity contribution >= 4 is 57.2 Å². The summed E-state index contributed by atoms with van der Waals surface area (Å²) in [5.41, 5.74) is 9.09. The molecule has 61 heavy (non-hydrogen) atoms. The Morgan fingerprint density at radius 3 is 1.51 bits per heavy atom. The summed E-state index contributed by atoms with van der Waals surface area (Å²) in [5.74, 6) is -2.02. The number of carbonyl (C=O) groups is 4. The first-order chi connectivity index (χ1) is 29.7. The van der Waals surface area contributed by atoms with Crippen molar-refractivity contribution < 1.29 is 19.2 Å². The minimum atomic E-state index is -0.506. The van der Waals surface area contributed by atoms with Gasteiger partial charge in [-0.3, -0.25) is 29.0 Å². The molecular formula is C53H42N4O4. The maximum absolute atomic E-state index is 14.3. The van der Waals surface area contributed by atoms with Gasteiger partial charge in [0, 0.05) is 70.1 Å². The van der Waals surface area contributed by atoms with Crippen molar-refractivity contribution in [2.45, 2.75) is 19.8 Å². The molecule has 0 fully saturated rings. The number of hydrogen-bond donors (Lipinski definition) is 0. The summed E-state index contributed by atoms with van der Waals surface area (Å²) in [5, 5.41) is 0.635. The van der Waals surface area contributed by atoms with Crippen molar-refractivity contribution in [3.8, 4) is 22.3 Å². The first-order valence-corrected chi connectivity index (χ1v) is 20.3. The predicted molar refractivity (Wildman–Crippen MR) is 244 cm³/mol. The van der Waals surface area contributed by atoms with Gasteiger partial charge in [0.2, 0.25) is 0 Å². The number of imide groups is 2. The van der Waals surface area contributed by atoms with Crippen LogP contribution in [0.25, 0.3) is 33.0 Å². The predicted octanol–water partition coefficient (Wildman–Crippen LogP) is 11.8. The fourth-order valence-electron chi connectivity index (χ4n) is 8.64. The molecule has 2 heterocycles. The molecule has 6 aromatic carbocycles. The zero-order valence-electron chi connectivity index (χ0n) is 34.1. The molecule has 0 aromatic heterocycles. The van der Waals surface area contributed by atoms with Crippen LogP contribution in [-0.4, -0.2) is 47.5 Å². The van der Waals surface area contributed by atoms with Gasteiger partial charge in [-0.15, -0.1) is 0 Å². The lowest BCUT2D eigenvalue weighted by Gasteiger charge is -2.32. The van der Waals surface area contributed by atoms with Gasteiger partial charge in [-0.25, -0.2) is 0 Å². The van der Waals surface area contributed by atoms with Crippen LogP contribution >= 0.6 is 0 Å². The third kappa shape index (κ3) is 6.49. The molecule has 0 unspecified atom stereocenters. The Labute approximate surface area is 354 Å². The second-order valence-corrected chi connectivity index (χ2v) is 15.2. The van der Waals surface area contributed by atoms with Gasteiger partial charge in [0.15, 0.2) is 0 Å². The lowest BCUT2D eigenvalue weighted by Crippen LogP contribution is -2.41. The Balaban J connectivity index is 1.22. The lowest BCUT2D eigenvalue weighted by molar-refractivity contribution is 0.0630. The van der Waals surface area contributed by atoms with Gasteiger partial charge in [-0.2, -0.15) is 0 Å². The van der Waals surface area contributed by atoms with E-state index in [0.29, 0.717) is 33.0 Å². The molecule has 3 aliphatic rings. The van der Waals surface area contributed by atoms with Crippen molar-refractivity contribution in [2.24, 2.45) is 0 Å². The van der Waals surface area contributed by atoms with Crippen LogP contribution in [-0.2, 0) is 0 Å². The third-order valence-electron chi connectivity index (χ3n) is 11.5. The largest absolute Gasteiger partial charge is 0.311 e. The van der Waals surface area contributed by atoms with Gasteiger partial charge in [-0.1, -0.05) is 91.5 Å². The van der Waals surface area contributed by atoms with Crippen LogP contribution in [0, 0.1) is 0 Å². The van der Waals surface area contributed by atoms with Gasteiger partial charge < -0.3 is 9.80 Å². The number of carbonyl (C=O) groups excluding carboxylic acids is 4. The van der Waals surface area contributed by atoms with Crippen LogP contribution < -0.4 is 9.80 Å². The Morgan fingerprint density at radius 1 is 0.590 bits per heavy atom. The van der Waals surface area contributed by atoms with Crippen LogP contribution in [0.5, 0.6) is 0 Å². The van der Waals surface area contributed by atoms with Gasteiger partial charge in [0.1, 0.15) is 0 Å². The summed E-state index contributed by atoms with van der Waals surface area (Å²) in [6.45, 7) is 5.91. The van der Waals surface area contributed by atoms with Gasteiger partial charge in [0.05, 0.1) is 11.1 Å². The molecule has 0 saturated carbocycles. The molecule has 298 valence electrons. The monoisotopic (exact) mass is 798 g/mol. The summed E-state index contributed by atoms with van der Waals surface area (Å²) in [6, 6.07) is 39.1. The summed E-state index contributed by atoms with van der Waals surface area (Å²) < 4.78 is 0. The number of benzene rings is 6. The number of amides is 4. The van der Waals surface area contributed by atoms with E-state index >= 15 is 0 Å². The molecule has 0 spiro atoms. The van der Waals surface area contributed by atoms with Crippen molar-refractivity contribution in [2.75, 3.05) is 23.9 Å². The molecular weight excluding hydrogens is 757 g/mol. The SMILES string of the molecule is C=C/C=C(\C=C/C)N(C1=CCCC=C1)c1ccc(-c2cc3c4c(c(-c5ccc(N(c6ccccc6)c6ccccc6)cc5)cc5c4c2C(=O)N(C)C5=O)C(=O)N(C)C3=O)cc1. The van der Waals surface area contributed by atoms with Crippen LogP contribution in [0.2, 0.25) is 0 Å². The molecule has 8 heteroatoms. The quantitative estimate of drug-likeness (QED) is 0.101. The first-order valence-electron chi connectivity index (χ1n) is 20.3. The number of anilines is 4. The molecule has 0 atom stereocenters. The highest BCUT2D eigenvalue weighted by Crippen LogP contribution is 2.46. The van der Waals surface area contributed by atoms with Crippen molar-refractivity contribution in [1.82, 2.24) is 9.80 Å². The van der Waals surface area contributed by atoms with Crippen molar-refractivity contribution in [1.29, 1.82) is 0 Å². The molecule has 0 radical (unpaired) electrons. The van der Waals surface area contributed by atoms with Gasteiger partial charge in [-0.05, 0) is 121 Å². The number of allylic oxidation sites excluding steroid dienone is 7. The van der Waals surface area contributed by atoms with E-state index in [4.69, 9.17) is 0 Å². The summed E-state index contributed by atoms with van der Waals surface area (Å²) in [4.78, 5) is 63.6. The maximum Gasteiger partial charge on any atom is 0.261 e. The van der Waals surface area contributed by atoms with Crippen LogP contribution in [0.15, 0.2) is 182 Å². The second-order valence-electron chi connectivity index (χ2n) is 15.2. The van der Waals surface area contributed by atoms with Gasteiger partial charge in [0.25, 0.3) is 23.6 Å². The smallest absolute Gasteiger partial charge is 0.261 e. The van der Waals surface area contributed by atoms with E-state index in [1.54, 1.807) is 18.2 Å². The molecule has 0 saturated heterocycles. The highest BCUT2D eigenvalue weighted by atomic mass is 16.2. The number of hydrogen-bond acceptors (Lipinski definition) is 6. The van der Waals surface area contributed by atoms with E-state index in [-0.39, 0.29) is 22.3 Å².